The van der Waals surface area contributed by atoms with E-state index < -0.39 is 0 Å². The normalized spacial score (nSPS) is 10.4. The third-order valence-corrected chi connectivity index (χ3v) is 2.48. The third kappa shape index (κ3) is 3.62. The summed E-state index contributed by atoms with van der Waals surface area (Å²) in [4.78, 5) is 8.00. The van der Waals surface area contributed by atoms with Crippen LogP contribution in [0, 0.1) is 0 Å². The minimum Gasteiger partial charge on any atom is -0.392 e. The smallest absolute Gasteiger partial charge is 0.115 e. The SMILES string of the molecule is OCc1ccc(CNCc2ccncn2)cc1. The standard InChI is InChI=1S/C13H15N3O/c17-9-12-3-1-11(2-4-12)7-15-8-13-5-6-14-10-16-13/h1-6,10,15,17H,7-9H2. The van der Waals surface area contributed by atoms with Gasteiger partial charge in [0.05, 0.1) is 12.3 Å². The number of rotatable bonds is 5. The van der Waals surface area contributed by atoms with Crippen molar-refractivity contribution >= 4 is 0 Å². The molecule has 1 heterocycles. The zero-order valence-corrected chi connectivity index (χ0v) is 9.50. The molecule has 0 aliphatic heterocycles. The van der Waals surface area contributed by atoms with Crippen molar-refractivity contribution in [1.82, 2.24) is 15.3 Å². The summed E-state index contributed by atoms with van der Waals surface area (Å²) in [5.41, 5.74) is 3.10. The number of benzene rings is 1. The second-order valence-corrected chi connectivity index (χ2v) is 3.78. The number of hydrogen-bond donors (Lipinski definition) is 2. The fourth-order valence-corrected chi connectivity index (χ4v) is 1.52. The van der Waals surface area contributed by atoms with Crippen molar-refractivity contribution in [3.8, 4) is 0 Å². The summed E-state index contributed by atoms with van der Waals surface area (Å²) in [6.45, 7) is 1.61. The molecule has 2 aromatic rings. The zero-order valence-electron chi connectivity index (χ0n) is 9.50. The van der Waals surface area contributed by atoms with Crippen molar-refractivity contribution in [1.29, 1.82) is 0 Å². The summed E-state index contributed by atoms with van der Waals surface area (Å²) < 4.78 is 0. The molecule has 1 aromatic heterocycles. The van der Waals surface area contributed by atoms with Crippen LogP contribution in [0.5, 0.6) is 0 Å². The van der Waals surface area contributed by atoms with Crippen LogP contribution in [0.3, 0.4) is 0 Å². The first kappa shape index (κ1) is 11.7. The minimum atomic E-state index is 0.0919. The molecule has 2 rings (SSSR count). The number of aliphatic hydroxyl groups excluding tert-OH is 1. The van der Waals surface area contributed by atoms with E-state index in [0.29, 0.717) is 0 Å². The van der Waals surface area contributed by atoms with E-state index in [1.54, 1.807) is 12.5 Å². The van der Waals surface area contributed by atoms with Crippen molar-refractivity contribution in [3.05, 3.63) is 59.7 Å². The first-order valence-corrected chi connectivity index (χ1v) is 5.53. The fraction of sp³-hybridized carbons (Fsp3) is 0.231. The molecule has 1 aromatic carbocycles. The van der Waals surface area contributed by atoms with Crippen LogP contribution in [0.25, 0.3) is 0 Å². The average molecular weight is 229 g/mol. The van der Waals surface area contributed by atoms with E-state index in [-0.39, 0.29) is 6.61 Å². The van der Waals surface area contributed by atoms with Gasteiger partial charge in [-0.05, 0) is 17.2 Å². The van der Waals surface area contributed by atoms with Crippen LogP contribution < -0.4 is 5.32 Å². The van der Waals surface area contributed by atoms with Crippen molar-refractivity contribution in [2.75, 3.05) is 0 Å². The summed E-state index contributed by atoms with van der Waals surface area (Å²) in [5, 5.41) is 12.2. The molecule has 0 aliphatic carbocycles. The molecular formula is C13H15N3O. The van der Waals surface area contributed by atoms with Crippen molar-refractivity contribution in [2.45, 2.75) is 19.7 Å². The van der Waals surface area contributed by atoms with Gasteiger partial charge in [-0.2, -0.15) is 0 Å². The minimum absolute atomic E-state index is 0.0919. The Morgan fingerprint density at radius 1 is 1.00 bits per heavy atom. The topological polar surface area (TPSA) is 58.0 Å². The van der Waals surface area contributed by atoms with Gasteiger partial charge in [0.1, 0.15) is 6.33 Å². The van der Waals surface area contributed by atoms with Crippen LogP contribution in [0.2, 0.25) is 0 Å². The Morgan fingerprint density at radius 2 is 1.76 bits per heavy atom. The van der Waals surface area contributed by atoms with E-state index >= 15 is 0 Å². The van der Waals surface area contributed by atoms with E-state index in [2.05, 4.69) is 15.3 Å². The lowest BCUT2D eigenvalue weighted by Crippen LogP contribution is -2.13. The van der Waals surface area contributed by atoms with Crippen LogP contribution in [0.4, 0.5) is 0 Å². The molecule has 0 bridgehead atoms. The van der Waals surface area contributed by atoms with Crippen LogP contribution in [0.15, 0.2) is 42.9 Å². The number of nitrogens with zero attached hydrogens (tertiary/aromatic N) is 2. The predicted molar refractivity (Wildman–Crippen MR) is 64.9 cm³/mol. The molecule has 0 saturated heterocycles. The van der Waals surface area contributed by atoms with Crippen LogP contribution in [0.1, 0.15) is 16.8 Å². The van der Waals surface area contributed by atoms with E-state index in [1.807, 2.05) is 30.3 Å². The van der Waals surface area contributed by atoms with Gasteiger partial charge in [0.15, 0.2) is 0 Å². The lowest BCUT2D eigenvalue weighted by Gasteiger charge is -2.05. The van der Waals surface area contributed by atoms with E-state index in [4.69, 9.17) is 5.11 Å². The second kappa shape index (κ2) is 6.08. The third-order valence-electron chi connectivity index (χ3n) is 2.48. The average Bonchev–Trinajstić information content (AvgIpc) is 2.41. The Bertz CT molecular complexity index is 442. The Balaban J connectivity index is 1.82. The fourth-order valence-electron chi connectivity index (χ4n) is 1.52. The van der Waals surface area contributed by atoms with E-state index in [0.717, 1.165) is 24.3 Å². The largest absolute Gasteiger partial charge is 0.392 e. The molecule has 0 aliphatic rings. The summed E-state index contributed by atoms with van der Waals surface area (Å²) in [6.07, 6.45) is 3.28. The molecule has 0 unspecified atom stereocenters. The maximum atomic E-state index is 8.92. The van der Waals surface area contributed by atoms with Gasteiger partial charge >= 0.3 is 0 Å². The highest BCUT2D eigenvalue weighted by molar-refractivity contribution is 5.21. The van der Waals surface area contributed by atoms with Gasteiger partial charge < -0.3 is 10.4 Å². The molecule has 0 spiro atoms. The first-order valence-electron chi connectivity index (χ1n) is 5.53. The highest BCUT2D eigenvalue weighted by Crippen LogP contribution is 2.04. The predicted octanol–water partition coefficient (Wildman–Crippen LogP) is 1.26. The van der Waals surface area contributed by atoms with Crippen LogP contribution in [-0.2, 0) is 19.7 Å². The molecule has 0 fully saturated rings. The molecule has 0 amide bonds. The molecule has 17 heavy (non-hydrogen) atoms. The lowest BCUT2D eigenvalue weighted by atomic mass is 10.1. The molecular weight excluding hydrogens is 214 g/mol. The highest BCUT2D eigenvalue weighted by Gasteiger charge is 1.95. The van der Waals surface area contributed by atoms with Gasteiger partial charge in [-0.1, -0.05) is 24.3 Å². The zero-order chi connectivity index (χ0) is 11.9. The van der Waals surface area contributed by atoms with Crippen molar-refractivity contribution in [2.24, 2.45) is 0 Å². The second-order valence-electron chi connectivity index (χ2n) is 3.78. The Labute approximate surface area is 100 Å². The summed E-state index contributed by atoms with van der Waals surface area (Å²) in [7, 11) is 0. The molecule has 0 radical (unpaired) electrons. The van der Waals surface area contributed by atoms with Gasteiger partial charge in [0, 0.05) is 19.3 Å². The van der Waals surface area contributed by atoms with Crippen LogP contribution >= 0.6 is 0 Å². The first-order chi connectivity index (χ1) is 8.38. The highest BCUT2D eigenvalue weighted by atomic mass is 16.3. The molecule has 4 heteroatoms. The Kier molecular flexibility index (Phi) is 4.18. The number of aliphatic hydroxyl groups is 1. The number of aromatic nitrogens is 2. The summed E-state index contributed by atoms with van der Waals surface area (Å²) in [6, 6.07) is 9.78. The maximum Gasteiger partial charge on any atom is 0.115 e. The van der Waals surface area contributed by atoms with Gasteiger partial charge in [0.25, 0.3) is 0 Å². The summed E-state index contributed by atoms with van der Waals surface area (Å²) in [5.74, 6) is 0. The molecule has 0 atom stereocenters. The molecule has 88 valence electrons. The van der Waals surface area contributed by atoms with E-state index in [1.165, 1.54) is 5.56 Å². The van der Waals surface area contributed by atoms with Crippen LogP contribution in [-0.4, -0.2) is 15.1 Å². The quantitative estimate of drug-likeness (QED) is 0.810. The molecule has 4 nitrogen and oxygen atoms in total. The Morgan fingerprint density at radius 3 is 2.41 bits per heavy atom. The maximum absolute atomic E-state index is 8.92. The van der Waals surface area contributed by atoms with E-state index in [9.17, 15) is 0 Å². The molecule has 2 N–H and O–H groups in total. The number of hydrogen-bond acceptors (Lipinski definition) is 4. The van der Waals surface area contributed by atoms with Gasteiger partial charge in [0.2, 0.25) is 0 Å². The summed E-state index contributed by atoms with van der Waals surface area (Å²) >= 11 is 0. The molecule has 0 saturated carbocycles. The van der Waals surface area contributed by atoms with Gasteiger partial charge in [-0.15, -0.1) is 0 Å². The van der Waals surface area contributed by atoms with Crippen molar-refractivity contribution in [3.63, 3.8) is 0 Å². The number of nitrogens with one attached hydrogen (secondary N) is 1. The lowest BCUT2D eigenvalue weighted by molar-refractivity contribution is 0.282. The van der Waals surface area contributed by atoms with Crippen molar-refractivity contribution < 1.29 is 5.11 Å². The van der Waals surface area contributed by atoms with Gasteiger partial charge in [-0.25, -0.2) is 9.97 Å². The monoisotopic (exact) mass is 229 g/mol. The Hall–Kier alpha value is -1.78. The van der Waals surface area contributed by atoms with Gasteiger partial charge in [-0.3, -0.25) is 0 Å².